The lowest BCUT2D eigenvalue weighted by Crippen LogP contribution is -2.22. The average molecular weight is 312 g/mol. The van der Waals surface area contributed by atoms with E-state index >= 15 is 0 Å². The standard InChI is InChI=1S/C10H6BrF4NO/c11-8(9(17)10(13,14)15)5-16-7-3-1-6(12)2-4-7/h1-5,16H/b8-5-. The predicted molar refractivity (Wildman–Crippen MR) is 58.1 cm³/mol. The lowest BCUT2D eigenvalue weighted by Gasteiger charge is -2.05. The van der Waals surface area contributed by atoms with Crippen molar-refractivity contribution >= 4 is 27.4 Å². The molecule has 0 spiro atoms. The summed E-state index contributed by atoms with van der Waals surface area (Å²) in [4.78, 5) is 10.7. The van der Waals surface area contributed by atoms with E-state index in [4.69, 9.17) is 0 Å². The van der Waals surface area contributed by atoms with Gasteiger partial charge in [0.05, 0.1) is 4.48 Å². The molecule has 0 bridgehead atoms. The van der Waals surface area contributed by atoms with E-state index in [9.17, 15) is 22.4 Å². The zero-order chi connectivity index (χ0) is 13.1. The third-order valence-electron chi connectivity index (χ3n) is 1.68. The summed E-state index contributed by atoms with van der Waals surface area (Å²) in [5, 5.41) is 2.43. The van der Waals surface area contributed by atoms with Gasteiger partial charge in [0.2, 0.25) is 0 Å². The summed E-state index contributed by atoms with van der Waals surface area (Å²) in [6, 6.07) is 4.92. The first-order valence-corrected chi connectivity index (χ1v) is 5.09. The summed E-state index contributed by atoms with van der Waals surface area (Å²) in [7, 11) is 0. The Labute approximate surface area is 102 Å². The van der Waals surface area contributed by atoms with E-state index in [0.717, 1.165) is 18.3 Å². The van der Waals surface area contributed by atoms with Crippen molar-refractivity contribution in [2.45, 2.75) is 6.18 Å². The van der Waals surface area contributed by atoms with Crippen molar-refractivity contribution in [1.82, 2.24) is 0 Å². The van der Waals surface area contributed by atoms with Crippen LogP contribution < -0.4 is 5.32 Å². The molecule has 1 N–H and O–H groups in total. The Hall–Kier alpha value is -1.37. The molecule has 0 aliphatic heterocycles. The van der Waals surface area contributed by atoms with Gasteiger partial charge in [0.15, 0.2) is 0 Å². The van der Waals surface area contributed by atoms with Crippen molar-refractivity contribution in [2.75, 3.05) is 5.32 Å². The first-order chi connectivity index (χ1) is 7.80. The van der Waals surface area contributed by atoms with Gasteiger partial charge in [-0.05, 0) is 40.2 Å². The lowest BCUT2D eigenvalue weighted by molar-refractivity contribution is -0.165. The minimum absolute atomic E-state index is 0.360. The summed E-state index contributed by atoms with van der Waals surface area (Å²) in [5.41, 5.74) is 0.360. The Balaban J connectivity index is 2.71. The highest BCUT2D eigenvalue weighted by Crippen LogP contribution is 2.23. The van der Waals surface area contributed by atoms with E-state index in [1.165, 1.54) is 12.1 Å². The molecule has 0 heterocycles. The number of halogens is 5. The molecule has 0 unspecified atom stereocenters. The minimum atomic E-state index is -4.93. The molecular weight excluding hydrogens is 306 g/mol. The van der Waals surface area contributed by atoms with Crippen molar-refractivity contribution in [3.8, 4) is 0 Å². The zero-order valence-electron chi connectivity index (χ0n) is 8.18. The van der Waals surface area contributed by atoms with Gasteiger partial charge < -0.3 is 5.32 Å². The third kappa shape index (κ3) is 4.18. The summed E-state index contributed by atoms with van der Waals surface area (Å²) in [5.74, 6) is -2.46. The number of nitrogens with one attached hydrogen (secondary N) is 1. The van der Waals surface area contributed by atoms with Crippen molar-refractivity contribution in [2.24, 2.45) is 0 Å². The van der Waals surface area contributed by atoms with Crippen LogP contribution in [-0.4, -0.2) is 12.0 Å². The molecule has 0 aromatic heterocycles. The topological polar surface area (TPSA) is 29.1 Å². The molecule has 92 valence electrons. The first-order valence-electron chi connectivity index (χ1n) is 4.30. The number of rotatable bonds is 3. The fraction of sp³-hybridized carbons (Fsp3) is 0.100. The Bertz CT molecular complexity index is 439. The van der Waals surface area contributed by atoms with Gasteiger partial charge in [-0.15, -0.1) is 0 Å². The van der Waals surface area contributed by atoms with E-state index in [1.807, 2.05) is 0 Å². The molecule has 1 aromatic carbocycles. The van der Waals surface area contributed by atoms with E-state index in [0.29, 0.717) is 5.69 Å². The van der Waals surface area contributed by atoms with Gasteiger partial charge in [-0.25, -0.2) is 4.39 Å². The Morgan fingerprint density at radius 3 is 2.24 bits per heavy atom. The Kier molecular flexibility index (Phi) is 4.28. The molecule has 0 amide bonds. The van der Waals surface area contributed by atoms with E-state index in [2.05, 4.69) is 21.2 Å². The predicted octanol–water partition coefficient (Wildman–Crippen LogP) is 3.61. The maximum Gasteiger partial charge on any atom is 0.455 e. The molecule has 0 aliphatic rings. The maximum atomic E-state index is 12.5. The second-order valence-corrected chi connectivity index (χ2v) is 3.82. The average Bonchev–Trinajstić information content (AvgIpc) is 2.25. The van der Waals surface area contributed by atoms with Crippen LogP contribution in [0.4, 0.5) is 23.2 Å². The van der Waals surface area contributed by atoms with Gasteiger partial charge in [-0.3, -0.25) is 4.79 Å². The molecule has 2 nitrogen and oxygen atoms in total. The van der Waals surface area contributed by atoms with Crippen molar-refractivity contribution in [1.29, 1.82) is 0 Å². The van der Waals surface area contributed by atoms with Crippen LogP contribution in [-0.2, 0) is 4.79 Å². The molecule has 0 radical (unpaired) electrons. The van der Waals surface area contributed by atoms with Crippen molar-refractivity contribution < 1.29 is 22.4 Å². The minimum Gasteiger partial charge on any atom is -0.360 e. The maximum absolute atomic E-state index is 12.5. The van der Waals surface area contributed by atoms with Gasteiger partial charge in [-0.1, -0.05) is 0 Å². The molecule has 0 aliphatic carbocycles. The molecule has 0 fully saturated rings. The number of hydrogen-bond acceptors (Lipinski definition) is 2. The highest BCUT2D eigenvalue weighted by atomic mass is 79.9. The van der Waals surface area contributed by atoms with E-state index in [-0.39, 0.29) is 0 Å². The molecule has 0 saturated heterocycles. The largest absolute Gasteiger partial charge is 0.455 e. The number of allylic oxidation sites excluding steroid dienone is 1. The van der Waals surface area contributed by atoms with E-state index in [1.54, 1.807) is 0 Å². The van der Waals surface area contributed by atoms with Gasteiger partial charge in [0.1, 0.15) is 5.82 Å². The van der Waals surface area contributed by atoms with Crippen LogP contribution in [0, 0.1) is 5.82 Å². The summed E-state index contributed by atoms with van der Waals surface area (Å²) >= 11 is 2.51. The number of ketones is 1. The van der Waals surface area contributed by atoms with Gasteiger partial charge in [-0.2, -0.15) is 13.2 Å². The number of carbonyl (C=O) groups excluding carboxylic acids is 1. The van der Waals surface area contributed by atoms with Crippen LogP contribution in [0.1, 0.15) is 0 Å². The zero-order valence-corrected chi connectivity index (χ0v) is 9.77. The molecule has 1 rings (SSSR count). The molecular formula is C10H6BrF4NO. The summed E-state index contributed by atoms with van der Waals surface area (Å²) < 4.78 is 47.8. The molecule has 0 atom stereocenters. The third-order valence-corrected chi connectivity index (χ3v) is 2.27. The van der Waals surface area contributed by atoms with Crippen LogP contribution in [0.2, 0.25) is 0 Å². The van der Waals surface area contributed by atoms with Crippen molar-refractivity contribution in [3.05, 3.63) is 40.8 Å². The van der Waals surface area contributed by atoms with Gasteiger partial charge >= 0.3 is 6.18 Å². The normalized spacial score (nSPS) is 12.4. The lowest BCUT2D eigenvalue weighted by atomic mass is 10.3. The molecule has 7 heteroatoms. The second kappa shape index (κ2) is 5.31. The second-order valence-electron chi connectivity index (χ2n) is 2.97. The molecule has 1 aromatic rings. The first kappa shape index (κ1) is 13.7. The van der Waals surface area contributed by atoms with Crippen LogP contribution in [0.3, 0.4) is 0 Å². The fourth-order valence-corrected chi connectivity index (χ4v) is 1.23. The highest BCUT2D eigenvalue weighted by molar-refractivity contribution is 9.12. The monoisotopic (exact) mass is 311 g/mol. The SMILES string of the molecule is O=C(/C(Br)=C/Nc1ccc(F)cc1)C(F)(F)F. The number of benzene rings is 1. The number of alkyl halides is 3. The number of anilines is 1. The smallest absolute Gasteiger partial charge is 0.360 e. The summed E-state index contributed by atoms with van der Waals surface area (Å²) in [6.07, 6.45) is -4.08. The van der Waals surface area contributed by atoms with Crippen LogP contribution in [0.25, 0.3) is 0 Å². The van der Waals surface area contributed by atoms with Crippen LogP contribution in [0.15, 0.2) is 34.9 Å². The van der Waals surface area contributed by atoms with E-state index < -0.39 is 22.3 Å². The van der Waals surface area contributed by atoms with Crippen molar-refractivity contribution in [3.63, 3.8) is 0 Å². The van der Waals surface area contributed by atoms with Gasteiger partial charge in [0, 0.05) is 11.9 Å². The Morgan fingerprint density at radius 2 is 1.76 bits per heavy atom. The fourth-order valence-electron chi connectivity index (χ4n) is 0.894. The number of carbonyl (C=O) groups is 1. The quantitative estimate of drug-likeness (QED) is 0.682. The van der Waals surface area contributed by atoms with Crippen LogP contribution in [0.5, 0.6) is 0 Å². The number of hydrogen-bond donors (Lipinski definition) is 1. The molecule has 17 heavy (non-hydrogen) atoms. The highest BCUT2D eigenvalue weighted by Gasteiger charge is 2.39. The Morgan fingerprint density at radius 1 is 1.24 bits per heavy atom. The van der Waals surface area contributed by atoms with Gasteiger partial charge in [0.25, 0.3) is 5.78 Å². The number of Topliss-reactive ketones (excluding diaryl/α,β-unsaturated/α-hetero) is 1. The molecule has 0 saturated carbocycles. The van der Waals surface area contributed by atoms with Crippen LogP contribution >= 0.6 is 15.9 Å². The summed E-state index contributed by atoms with van der Waals surface area (Å²) in [6.45, 7) is 0.